The molecule has 0 radical (unpaired) electrons. The monoisotopic (exact) mass is 297 g/mol. The maximum atomic E-state index is 12.2. The molecular formula is C15H23NO3S. The van der Waals surface area contributed by atoms with E-state index >= 15 is 0 Å². The van der Waals surface area contributed by atoms with E-state index in [9.17, 15) is 14.7 Å². The van der Waals surface area contributed by atoms with Crippen LogP contribution in [0.1, 0.15) is 38.5 Å². The lowest BCUT2D eigenvalue weighted by Gasteiger charge is -2.30. The van der Waals surface area contributed by atoms with Crippen molar-refractivity contribution < 1.29 is 14.7 Å². The number of carbonyl (C=O) groups is 2. The third-order valence-corrected chi connectivity index (χ3v) is 6.39. The van der Waals surface area contributed by atoms with Crippen molar-refractivity contribution in [3.8, 4) is 0 Å². The van der Waals surface area contributed by atoms with Crippen molar-refractivity contribution in [2.24, 2.45) is 23.7 Å². The molecule has 112 valence electrons. The topological polar surface area (TPSA) is 66.4 Å². The van der Waals surface area contributed by atoms with Crippen molar-refractivity contribution in [1.29, 1.82) is 0 Å². The highest BCUT2D eigenvalue weighted by molar-refractivity contribution is 7.99. The largest absolute Gasteiger partial charge is 0.481 e. The zero-order chi connectivity index (χ0) is 14.1. The Morgan fingerprint density at radius 2 is 1.80 bits per heavy atom. The Morgan fingerprint density at radius 3 is 2.50 bits per heavy atom. The van der Waals surface area contributed by atoms with Gasteiger partial charge in [0.1, 0.15) is 0 Å². The lowest BCUT2D eigenvalue weighted by atomic mass is 9.84. The minimum atomic E-state index is -0.725. The van der Waals surface area contributed by atoms with E-state index < -0.39 is 5.97 Å². The highest BCUT2D eigenvalue weighted by atomic mass is 32.2. The number of fused-ring (bicyclic) bond motifs is 2. The number of nitrogens with one attached hydrogen (secondary N) is 1. The van der Waals surface area contributed by atoms with Crippen LogP contribution in [0.5, 0.6) is 0 Å². The molecule has 3 aliphatic rings. The normalized spacial score (nSPS) is 37.0. The maximum Gasteiger partial charge on any atom is 0.308 e. The second-order valence-corrected chi connectivity index (χ2v) is 7.78. The van der Waals surface area contributed by atoms with Crippen molar-refractivity contribution in [2.75, 3.05) is 11.5 Å². The third-order valence-electron chi connectivity index (χ3n) is 5.34. The van der Waals surface area contributed by atoms with Gasteiger partial charge in [-0.05, 0) is 61.4 Å². The van der Waals surface area contributed by atoms with Crippen molar-refractivity contribution in [3.63, 3.8) is 0 Å². The van der Waals surface area contributed by atoms with Gasteiger partial charge in [-0.1, -0.05) is 0 Å². The fourth-order valence-electron chi connectivity index (χ4n) is 4.31. The zero-order valence-corrected chi connectivity index (χ0v) is 12.5. The van der Waals surface area contributed by atoms with Crippen LogP contribution < -0.4 is 5.32 Å². The van der Waals surface area contributed by atoms with Crippen LogP contribution in [-0.4, -0.2) is 34.5 Å². The summed E-state index contributed by atoms with van der Waals surface area (Å²) in [6, 6.07) is -0.114. The zero-order valence-electron chi connectivity index (χ0n) is 11.7. The second kappa shape index (κ2) is 5.96. The fourth-order valence-corrected chi connectivity index (χ4v) is 5.52. The predicted octanol–water partition coefficient (Wildman–Crippen LogP) is 2.14. The Labute approximate surface area is 124 Å². The number of thioether (sulfide) groups is 1. The molecule has 2 saturated carbocycles. The first-order valence-corrected chi connectivity index (χ1v) is 8.90. The minimum Gasteiger partial charge on any atom is -0.481 e. The maximum absolute atomic E-state index is 12.2. The minimum absolute atomic E-state index is 0.0747. The number of hydrogen-bond acceptors (Lipinski definition) is 3. The molecule has 3 fully saturated rings. The molecule has 4 unspecified atom stereocenters. The molecule has 1 heterocycles. The number of rotatable bonds is 4. The number of amides is 1. The third kappa shape index (κ3) is 2.83. The SMILES string of the molecule is O=C(CC1CCSCC1)NC1C2CCC(C2)C1C(=O)O. The molecule has 1 aliphatic heterocycles. The highest BCUT2D eigenvalue weighted by Gasteiger charge is 2.51. The standard InChI is InChI=1S/C15H23NO3S/c17-12(7-9-3-5-20-6-4-9)16-14-11-2-1-10(8-11)13(14)15(18)19/h9-11,13-14H,1-8H2,(H,16,17)(H,18,19). The van der Waals surface area contributed by atoms with Gasteiger partial charge in [-0.3, -0.25) is 9.59 Å². The Morgan fingerprint density at radius 1 is 1.10 bits per heavy atom. The van der Waals surface area contributed by atoms with Crippen molar-refractivity contribution in [2.45, 2.75) is 44.6 Å². The number of carbonyl (C=O) groups excluding carboxylic acids is 1. The van der Waals surface area contributed by atoms with Gasteiger partial charge in [0.05, 0.1) is 5.92 Å². The van der Waals surface area contributed by atoms with Crippen molar-refractivity contribution in [1.82, 2.24) is 5.32 Å². The first-order chi connectivity index (χ1) is 9.65. The van der Waals surface area contributed by atoms with Crippen LogP contribution in [0.15, 0.2) is 0 Å². The molecule has 2 N–H and O–H groups in total. The van der Waals surface area contributed by atoms with Crippen LogP contribution in [0.25, 0.3) is 0 Å². The molecule has 1 amide bonds. The smallest absolute Gasteiger partial charge is 0.308 e. The molecule has 5 heteroatoms. The van der Waals surface area contributed by atoms with Crippen molar-refractivity contribution >= 4 is 23.6 Å². The number of hydrogen-bond donors (Lipinski definition) is 2. The van der Waals surface area contributed by atoms with Gasteiger partial charge in [0, 0.05) is 12.5 Å². The second-order valence-electron chi connectivity index (χ2n) is 6.55. The molecule has 0 aromatic heterocycles. The van der Waals surface area contributed by atoms with Crippen LogP contribution in [-0.2, 0) is 9.59 Å². The molecule has 2 aliphatic carbocycles. The van der Waals surface area contributed by atoms with Gasteiger partial charge in [-0.15, -0.1) is 0 Å². The van der Waals surface area contributed by atoms with Gasteiger partial charge >= 0.3 is 5.97 Å². The first kappa shape index (κ1) is 14.2. The van der Waals surface area contributed by atoms with Gasteiger partial charge in [-0.2, -0.15) is 11.8 Å². The van der Waals surface area contributed by atoms with Crippen LogP contribution in [0.3, 0.4) is 0 Å². The molecule has 4 atom stereocenters. The van der Waals surface area contributed by atoms with Crippen LogP contribution in [0.2, 0.25) is 0 Å². The molecule has 0 spiro atoms. The van der Waals surface area contributed by atoms with E-state index in [-0.39, 0.29) is 23.8 Å². The van der Waals surface area contributed by atoms with Crippen molar-refractivity contribution in [3.05, 3.63) is 0 Å². The van der Waals surface area contributed by atoms with Gasteiger partial charge in [0.25, 0.3) is 0 Å². The average molecular weight is 297 g/mol. The molecule has 4 nitrogen and oxygen atoms in total. The van der Waals surface area contributed by atoms with Gasteiger partial charge in [0.15, 0.2) is 0 Å². The average Bonchev–Trinajstić information content (AvgIpc) is 3.00. The van der Waals surface area contributed by atoms with Gasteiger partial charge in [0.2, 0.25) is 5.91 Å². The first-order valence-electron chi connectivity index (χ1n) is 7.75. The van der Waals surface area contributed by atoms with Gasteiger partial charge in [-0.25, -0.2) is 0 Å². The summed E-state index contributed by atoms with van der Waals surface area (Å²) in [5.41, 5.74) is 0. The summed E-state index contributed by atoms with van der Waals surface area (Å²) in [5, 5.41) is 12.4. The molecule has 2 bridgehead atoms. The van der Waals surface area contributed by atoms with E-state index in [1.54, 1.807) is 0 Å². The van der Waals surface area contributed by atoms with E-state index in [2.05, 4.69) is 5.32 Å². The molecule has 20 heavy (non-hydrogen) atoms. The lowest BCUT2D eigenvalue weighted by Crippen LogP contribution is -2.47. The summed E-state index contributed by atoms with van der Waals surface area (Å²) in [5.74, 6) is 2.49. The predicted molar refractivity (Wildman–Crippen MR) is 78.6 cm³/mol. The number of aliphatic carboxylic acids is 1. The summed E-state index contributed by atoms with van der Waals surface area (Å²) in [6.45, 7) is 0. The number of carboxylic acid groups (broad SMARTS) is 1. The summed E-state index contributed by atoms with van der Waals surface area (Å²) in [7, 11) is 0. The van der Waals surface area contributed by atoms with E-state index in [0.29, 0.717) is 18.3 Å². The lowest BCUT2D eigenvalue weighted by molar-refractivity contribution is -0.144. The van der Waals surface area contributed by atoms with Gasteiger partial charge < -0.3 is 10.4 Å². The van der Waals surface area contributed by atoms with E-state index in [1.807, 2.05) is 11.8 Å². The van der Waals surface area contributed by atoms with E-state index in [1.165, 1.54) is 0 Å². The number of carboxylic acids is 1. The summed E-state index contributed by atoms with van der Waals surface area (Å²) in [6.07, 6.45) is 5.92. The van der Waals surface area contributed by atoms with Crippen LogP contribution in [0, 0.1) is 23.7 Å². The fraction of sp³-hybridized carbons (Fsp3) is 0.867. The Bertz CT molecular complexity index is 395. The Hall–Kier alpha value is -0.710. The van der Waals surface area contributed by atoms with Crippen LogP contribution >= 0.6 is 11.8 Å². The van der Waals surface area contributed by atoms with E-state index in [4.69, 9.17) is 0 Å². The summed E-state index contributed by atoms with van der Waals surface area (Å²) in [4.78, 5) is 23.6. The summed E-state index contributed by atoms with van der Waals surface area (Å²) >= 11 is 1.96. The van der Waals surface area contributed by atoms with Crippen LogP contribution in [0.4, 0.5) is 0 Å². The molecule has 1 saturated heterocycles. The summed E-state index contributed by atoms with van der Waals surface area (Å²) < 4.78 is 0. The van der Waals surface area contributed by atoms with E-state index in [0.717, 1.165) is 43.6 Å². The quantitative estimate of drug-likeness (QED) is 0.834. The molecular weight excluding hydrogens is 274 g/mol. The molecule has 0 aromatic carbocycles. The Balaban J connectivity index is 1.56. The molecule has 3 rings (SSSR count). The molecule has 0 aromatic rings. The highest BCUT2D eigenvalue weighted by Crippen LogP contribution is 2.48. The Kier molecular flexibility index (Phi) is 4.24.